The van der Waals surface area contributed by atoms with E-state index in [1.807, 2.05) is 7.05 Å². The molecule has 1 fully saturated rings. The van der Waals surface area contributed by atoms with Crippen LogP contribution in [0.4, 0.5) is 5.69 Å². The van der Waals surface area contributed by atoms with Crippen LogP contribution in [-0.4, -0.2) is 20.1 Å². The van der Waals surface area contributed by atoms with Crippen LogP contribution in [0.3, 0.4) is 0 Å². The minimum Gasteiger partial charge on any atom is -0.371 e. The van der Waals surface area contributed by atoms with E-state index in [0.717, 1.165) is 12.5 Å². The number of rotatable bonds is 3. The Morgan fingerprint density at radius 3 is 2.81 bits per heavy atom. The van der Waals surface area contributed by atoms with Crippen molar-refractivity contribution in [2.45, 2.75) is 26.8 Å². The van der Waals surface area contributed by atoms with Crippen molar-refractivity contribution in [3.8, 4) is 0 Å². The molecule has 1 atom stereocenters. The molecule has 1 aliphatic heterocycles. The normalized spacial score (nSPS) is 20.4. The zero-order valence-corrected chi connectivity index (χ0v) is 10.6. The number of benzene rings is 1. The molecule has 1 unspecified atom stereocenters. The van der Waals surface area contributed by atoms with Gasteiger partial charge in [0.25, 0.3) is 0 Å². The first kappa shape index (κ1) is 11.5. The highest BCUT2D eigenvalue weighted by Gasteiger charge is 2.18. The molecule has 1 N–H and O–H groups in total. The number of nitrogens with zero attached hydrogens (tertiary/aromatic N) is 1. The third-order valence-electron chi connectivity index (χ3n) is 3.48. The van der Waals surface area contributed by atoms with Gasteiger partial charge in [-0.25, -0.2) is 0 Å². The summed E-state index contributed by atoms with van der Waals surface area (Å²) in [4.78, 5) is 2.50. The van der Waals surface area contributed by atoms with E-state index >= 15 is 0 Å². The first-order valence-corrected chi connectivity index (χ1v) is 6.20. The van der Waals surface area contributed by atoms with Gasteiger partial charge in [-0.2, -0.15) is 0 Å². The van der Waals surface area contributed by atoms with E-state index in [-0.39, 0.29) is 0 Å². The van der Waals surface area contributed by atoms with Crippen LogP contribution in [0.2, 0.25) is 0 Å². The van der Waals surface area contributed by atoms with Gasteiger partial charge in [-0.15, -0.1) is 0 Å². The number of hydrogen-bond acceptors (Lipinski definition) is 2. The molecule has 1 aromatic carbocycles. The SMILES string of the molecule is CNCc1ccc(N2CCC(C)C2)cc1C. The smallest absolute Gasteiger partial charge is 0.0369 e. The third kappa shape index (κ3) is 2.38. The van der Waals surface area contributed by atoms with Crippen LogP contribution in [0.25, 0.3) is 0 Å². The zero-order chi connectivity index (χ0) is 11.5. The standard InChI is InChI=1S/C14H22N2/c1-11-6-7-16(10-11)14-5-4-13(9-15-3)12(2)8-14/h4-5,8,11,15H,6-7,9-10H2,1-3H3. The van der Waals surface area contributed by atoms with Crippen molar-refractivity contribution in [2.75, 3.05) is 25.0 Å². The summed E-state index contributed by atoms with van der Waals surface area (Å²) in [6, 6.07) is 6.84. The highest BCUT2D eigenvalue weighted by atomic mass is 15.1. The van der Waals surface area contributed by atoms with Gasteiger partial charge in [-0.3, -0.25) is 0 Å². The predicted octanol–water partition coefficient (Wildman–Crippen LogP) is 2.56. The minimum atomic E-state index is 0.845. The van der Waals surface area contributed by atoms with Gasteiger partial charge in [0.05, 0.1) is 0 Å². The van der Waals surface area contributed by atoms with Crippen LogP contribution in [0.5, 0.6) is 0 Å². The van der Waals surface area contributed by atoms with E-state index in [4.69, 9.17) is 0 Å². The monoisotopic (exact) mass is 218 g/mol. The van der Waals surface area contributed by atoms with E-state index in [9.17, 15) is 0 Å². The first-order valence-electron chi connectivity index (χ1n) is 6.20. The van der Waals surface area contributed by atoms with Gasteiger partial charge < -0.3 is 10.2 Å². The lowest BCUT2D eigenvalue weighted by molar-refractivity contribution is 0.659. The van der Waals surface area contributed by atoms with Crippen molar-refractivity contribution in [1.82, 2.24) is 5.32 Å². The lowest BCUT2D eigenvalue weighted by Crippen LogP contribution is -2.19. The molecular formula is C14H22N2. The molecule has 1 saturated heterocycles. The summed E-state index contributed by atoms with van der Waals surface area (Å²) in [5.41, 5.74) is 4.19. The lowest BCUT2D eigenvalue weighted by Gasteiger charge is -2.19. The van der Waals surface area contributed by atoms with Crippen LogP contribution >= 0.6 is 0 Å². The zero-order valence-electron chi connectivity index (χ0n) is 10.6. The van der Waals surface area contributed by atoms with Crippen LogP contribution in [0.15, 0.2) is 18.2 Å². The molecule has 0 radical (unpaired) electrons. The first-order chi connectivity index (χ1) is 7.70. The Balaban J connectivity index is 2.14. The summed E-state index contributed by atoms with van der Waals surface area (Å²) in [6.45, 7) is 7.93. The van der Waals surface area contributed by atoms with E-state index in [2.05, 4.69) is 42.3 Å². The Morgan fingerprint density at radius 2 is 2.25 bits per heavy atom. The number of aryl methyl sites for hydroxylation is 1. The molecule has 0 spiro atoms. The largest absolute Gasteiger partial charge is 0.371 e. The van der Waals surface area contributed by atoms with E-state index < -0.39 is 0 Å². The molecule has 2 rings (SSSR count). The molecule has 2 heteroatoms. The number of nitrogens with one attached hydrogen (secondary N) is 1. The third-order valence-corrected chi connectivity index (χ3v) is 3.48. The van der Waals surface area contributed by atoms with Gasteiger partial charge in [0.15, 0.2) is 0 Å². The van der Waals surface area contributed by atoms with Crippen LogP contribution in [0.1, 0.15) is 24.5 Å². The quantitative estimate of drug-likeness (QED) is 0.839. The van der Waals surface area contributed by atoms with E-state index in [1.165, 1.54) is 36.3 Å². The molecule has 0 amide bonds. The molecule has 1 heterocycles. The van der Waals surface area contributed by atoms with Crippen LogP contribution in [-0.2, 0) is 6.54 Å². The van der Waals surface area contributed by atoms with Crippen LogP contribution < -0.4 is 10.2 Å². The molecule has 1 aliphatic rings. The molecule has 0 aliphatic carbocycles. The second kappa shape index (κ2) is 4.88. The maximum atomic E-state index is 3.21. The van der Waals surface area contributed by atoms with Gasteiger partial charge in [0.2, 0.25) is 0 Å². The highest BCUT2D eigenvalue weighted by Crippen LogP contribution is 2.25. The van der Waals surface area contributed by atoms with Crippen molar-refractivity contribution in [1.29, 1.82) is 0 Å². The van der Waals surface area contributed by atoms with Gasteiger partial charge in [-0.1, -0.05) is 13.0 Å². The number of anilines is 1. The van der Waals surface area contributed by atoms with Crippen molar-refractivity contribution in [3.63, 3.8) is 0 Å². The molecule has 0 aromatic heterocycles. The predicted molar refractivity (Wildman–Crippen MR) is 69.9 cm³/mol. The Bertz CT molecular complexity index is 360. The fraction of sp³-hybridized carbons (Fsp3) is 0.571. The summed E-state index contributed by atoms with van der Waals surface area (Å²) < 4.78 is 0. The van der Waals surface area contributed by atoms with Crippen molar-refractivity contribution in [2.24, 2.45) is 5.92 Å². The van der Waals surface area contributed by atoms with E-state index in [1.54, 1.807) is 0 Å². The summed E-state index contributed by atoms with van der Waals surface area (Å²) in [7, 11) is 2.00. The second-order valence-electron chi connectivity index (χ2n) is 4.98. The van der Waals surface area contributed by atoms with Gasteiger partial charge in [-0.05, 0) is 49.6 Å². The lowest BCUT2D eigenvalue weighted by atomic mass is 10.1. The average molecular weight is 218 g/mol. The molecule has 16 heavy (non-hydrogen) atoms. The minimum absolute atomic E-state index is 0.845. The fourth-order valence-corrected chi connectivity index (χ4v) is 2.44. The molecule has 0 saturated carbocycles. The molecule has 2 nitrogen and oxygen atoms in total. The van der Waals surface area contributed by atoms with Crippen molar-refractivity contribution < 1.29 is 0 Å². The van der Waals surface area contributed by atoms with Gasteiger partial charge in [0.1, 0.15) is 0 Å². The van der Waals surface area contributed by atoms with Gasteiger partial charge in [0, 0.05) is 25.3 Å². The highest BCUT2D eigenvalue weighted by molar-refractivity contribution is 5.51. The van der Waals surface area contributed by atoms with Crippen molar-refractivity contribution in [3.05, 3.63) is 29.3 Å². The van der Waals surface area contributed by atoms with Gasteiger partial charge >= 0.3 is 0 Å². The van der Waals surface area contributed by atoms with Crippen molar-refractivity contribution >= 4 is 5.69 Å². The second-order valence-corrected chi connectivity index (χ2v) is 4.98. The Hall–Kier alpha value is -1.02. The molecule has 88 valence electrons. The Morgan fingerprint density at radius 1 is 1.44 bits per heavy atom. The molecular weight excluding hydrogens is 196 g/mol. The summed E-state index contributed by atoms with van der Waals surface area (Å²) in [6.07, 6.45) is 1.33. The average Bonchev–Trinajstić information content (AvgIpc) is 2.68. The van der Waals surface area contributed by atoms with E-state index in [0.29, 0.717) is 0 Å². The summed E-state index contributed by atoms with van der Waals surface area (Å²) in [5.74, 6) is 0.845. The van der Waals surface area contributed by atoms with Crippen LogP contribution in [0, 0.1) is 12.8 Å². The Kier molecular flexibility index (Phi) is 3.49. The Labute approximate surface area is 98.7 Å². The number of hydrogen-bond donors (Lipinski definition) is 1. The summed E-state index contributed by atoms with van der Waals surface area (Å²) >= 11 is 0. The fourth-order valence-electron chi connectivity index (χ4n) is 2.44. The topological polar surface area (TPSA) is 15.3 Å². The maximum absolute atomic E-state index is 3.21. The molecule has 1 aromatic rings. The summed E-state index contributed by atoms with van der Waals surface area (Å²) in [5, 5.41) is 3.21. The maximum Gasteiger partial charge on any atom is 0.0369 e. The molecule has 0 bridgehead atoms.